The van der Waals surface area contributed by atoms with Crippen LogP contribution in [0.2, 0.25) is 0 Å². The Hall–Kier alpha value is -1.59. The Morgan fingerprint density at radius 2 is 1.92 bits per heavy atom. The first-order valence-corrected chi connectivity index (χ1v) is 15.3. The molecule has 0 bridgehead atoms. The van der Waals surface area contributed by atoms with Crippen LogP contribution in [0.5, 0.6) is 5.75 Å². The molecule has 1 aromatic carbocycles. The Bertz CT molecular complexity index is 1040. The molecule has 2 aliphatic heterocycles. The predicted molar refractivity (Wildman–Crippen MR) is 142 cm³/mol. The highest BCUT2D eigenvalue weighted by molar-refractivity contribution is 5.71. The molecule has 5 fully saturated rings. The largest absolute Gasteiger partial charge is 0.412 e. The first kappa shape index (κ1) is 24.5. The van der Waals surface area contributed by atoms with E-state index in [1.54, 1.807) is 0 Å². The highest BCUT2D eigenvalue weighted by Crippen LogP contribution is 2.69. The normalized spacial score (nSPS) is 44.7. The second-order valence-corrected chi connectivity index (χ2v) is 13.8. The van der Waals surface area contributed by atoms with Crippen molar-refractivity contribution in [2.24, 2.45) is 35.0 Å². The van der Waals surface area contributed by atoms with E-state index in [0.717, 1.165) is 44.1 Å². The number of benzene rings is 1. The van der Waals surface area contributed by atoms with Gasteiger partial charge in [0.15, 0.2) is 5.79 Å². The second kappa shape index (κ2) is 8.98. The van der Waals surface area contributed by atoms with Crippen LogP contribution in [0, 0.1) is 35.0 Å². The van der Waals surface area contributed by atoms with Crippen LogP contribution in [0.25, 0.3) is 0 Å². The van der Waals surface area contributed by atoms with E-state index in [4.69, 9.17) is 14.2 Å². The number of aryl methyl sites for hydroxylation is 1. The van der Waals surface area contributed by atoms with Gasteiger partial charge in [0.1, 0.15) is 5.75 Å². The minimum absolute atomic E-state index is 0.281. The summed E-state index contributed by atoms with van der Waals surface area (Å²) in [6.45, 7) is 8.17. The monoisotopic (exact) mass is 507 g/mol. The zero-order chi connectivity index (χ0) is 25.4. The van der Waals surface area contributed by atoms with Crippen molar-refractivity contribution < 1.29 is 19.0 Å². The maximum absolute atomic E-state index is 12.4. The van der Waals surface area contributed by atoms with Crippen molar-refractivity contribution in [2.45, 2.75) is 115 Å². The molecule has 0 aromatic heterocycles. The van der Waals surface area contributed by atoms with Crippen LogP contribution in [0.15, 0.2) is 18.2 Å². The first-order chi connectivity index (χ1) is 17.9. The van der Waals surface area contributed by atoms with Crippen LogP contribution < -0.4 is 10.1 Å². The van der Waals surface area contributed by atoms with E-state index >= 15 is 0 Å². The minimum Gasteiger partial charge on any atom is -0.410 e. The molecule has 202 valence electrons. The van der Waals surface area contributed by atoms with Crippen molar-refractivity contribution in [3.05, 3.63) is 29.3 Å². The number of rotatable bonds is 2. The highest BCUT2D eigenvalue weighted by Gasteiger charge is 2.67. The summed E-state index contributed by atoms with van der Waals surface area (Å²) in [5, 5.41) is 3.05. The lowest BCUT2D eigenvalue weighted by Crippen LogP contribution is -2.48. The lowest BCUT2D eigenvalue weighted by Gasteiger charge is -2.52. The molecule has 1 aromatic rings. The van der Waals surface area contributed by atoms with E-state index in [-0.39, 0.29) is 17.9 Å². The molecule has 4 aliphatic carbocycles. The lowest BCUT2D eigenvalue weighted by atomic mass is 9.53. The van der Waals surface area contributed by atoms with Crippen LogP contribution in [0.3, 0.4) is 0 Å². The summed E-state index contributed by atoms with van der Waals surface area (Å²) in [6, 6.07) is 6.73. The predicted octanol–water partition coefficient (Wildman–Crippen LogP) is 6.98. The van der Waals surface area contributed by atoms with Crippen molar-refractivity contribution in [3.8, 4) is 5.75 Å². The molecule has 2 saturated heterocycles. The molecule has 3 saturated carbocycles. The Labute approximate surface area is 222 Å². The Morgan fingerprint density at radius 3 is 2.70 bits per heavy atom. The van der Waals surface area contributed by atoms with E-state index < -0.39 is 0 Å². The summed E-state index contributed by atoms with van der Waals surface area (Å²) >= 11 is 0. The third-order valence-electron chi connectivity index (χ3n) is 11.9. The van der Waals surface area contributed by atoms with Crippen molar-refractivity contribution >= 4 is 6.09 Å². The number of carbonyl (C=O) groups is 1. The van der Waals surface area contributed by atoms with Gasteiger partial charge < -0.3 is 19.5 Å². The molecule has 5 heteroatoms. The Balaban J connectivity index is 1.06. The number of hydrogen-bond acceptors (Lipinski definition) is 4. The fraction of sp³-hybridized carbons (Fsp3) is 0.781. The summed E-state index contributed by atoms with van der Waals surface area (Å²) < 4.78 is 19.1. The molecule has 6 aliphatic rings. The average Bonchev–Trinajstić information content (AvgIpc) is 3.56. The number of amides is 1. The third kappa shape index (κ3) is 3.89. The Morgan fingerprint density at radius 1 is 1.08 bits per heavy atom. The van der Waals surface area contributed by atoms with Crippen LogP contribution >= 0.6 is 0 Å². The number of hydrogen-bond donors (Lipinski definition) is 1. The third-order valence-corrected chi connectivity index (χ3v) is 11.9. The van der Waals surface area contributed by atoms with Gasteiger partial charge in [0.25, 0.3) is 0 Å². The second-order valence-electron chi connectivity index (χ2n) is 13.8. The van der Waals surface area contributed by atoms with Gasteiger partial charge in [-0.05, 0) is 110 Å². The van der Waals surface area contributed by atoms with Gasteiger partial charge in [0.05, 0.1) is 12.7 Å². The van der Waals surface area contributed by atoms with Gasteiger partial charge in [0.2, 0.25) is 0 Å². The van der Waals surface area contributed by atoms with Gasteiger partial charge in [-0.25, -0.2) is 4.79 Å². The van der Waals surface area contributed by atoms with Gasteiger partial charge in [-0.1, -0.05) is 39.7 Å². The number of fused-ring (bicyclic) bond motifs is 7. The zero-order valence-electron chi connectivity index (χ0n) is 23.0. The maximum atomic E-state index is 12.4. The molecule has 7 rings (SSSR count). The molecule has 0 radical (unpaired) electrons. The molecule has 5 nitrogen and oxygen atoms in total. The number of nitrogens with one attached hydrogen (secondary N) is 1. The molecule has 0 unspecified atom stereocenters. The van der Waals surface area contributed by atoms with Gasteiger partial charge >= 0.3 is 6.09 Å². The van der Waals surface area contributed by atoms with Gasteiger partial charge in [-0.2, -0.15) is 0 Å². The average molecular weight is 508 g/mol. The highest BCUT2D eigenvalue weighted by atomic mass is 16.7. The molecule has 9 atom stereocenters. The van der Waals surface area contributed by atoms with Crippen molar-refractivity contribution in [2.75, 3.05) is 6.61 Å². The van der Waals surface area contributed by atoms with E-state index in [1.165, 1.54) is 56.1 Å². The van der Waals surface area contributed by atoms with Gasteiger partial charge in [-0.15, -0.1) is 0 Å². The molecular weight excluding hydrogens is 462 g/mol. The quantitative estimate of drug-likeness (QED) is 0.469. The molecular formula is C32H45NO4. The van der Waals surface area contributed by atoms with Crippen LogP contribution in [0.1, 0.15) is 102 Å². The Kier molecular flexibility index (Phi) is 5.93. The maximum Gasteiger partial charge on any atom is 0.412 e. The smallest absolute Gasteiger partial charge is 0.410 e. The van der Waals surface area contributed by atoms with E-state index in [2.05, 4.69) is 38.2 Å². The topological polar surface area (TPSA) is 56.8 Å². The molecule has 1 N–H and O–H groups in total. The summed E-state index contributed by atoms with van der Waals surface area (Å²) in [7, 11) is 0. The van der Waals surface area contributed by atoms with Gasteiger partial charge in [-0.3, -0.25) is 0 Å². The fourth-order valence-electron chi connectivity index (χ4n) is 10.0. The van der Waals surface area contributed by atoms with Crippen molar-refractivity contribution in [3.63, 3.8) is 0 Å². The first-order valence-electron chi connectivity index (χ1n) is 15.3. The summed E-state index contributed by atoms with van der Waals surface area (Å²) in [5.74, 6) is 4.18. The molecule has 2 heterocycles. The lowest BCUT2D eigenvalue weighted by molar-refractivity contribution is -0.272. The fourth-order valence-corrected chi connectivity index (χ4v) is 10.0. The van der Waals surface area contributed by atoms with Crippen molar-refractivity contribution in [1.29, 1.82) is 0 Å². The van der Waals surface area contributed by atoms with Gasteiger partial charge in [0, 0.05) is 18.4 Å². The summed E-state index contributed by atoms with van der Waals surface area (Å²) in [5.41, 5.74) is 3.25. The zero-order valence-corrected chi connectivity index (χ0v) is 23.0. The summed E-state index contributed by atoms with van der Waals surface area (Å²) in [6.07, 6.45) is 12.9. The molecule has 1 spiro atoms. The number of ether oxygens (including phenoxy) is 3. The number of carbonyl (C=O) groups excluding carboxylic acids is 1. The molecule has 1 amide bonds. The van der Waals surface area contributed by atoms with Crippen LogP contribution in [0.4, 0.5) is 4.79 Å². The minimum atomic E-state index is -0.327. The SMILES string of the molecule is C[C@@H]1CC[C@@]2(OC1)O[C@H]1C[C@H]3[C@@H]4CCc5cc(OC(=O)NC6CCCC6)ccc5[C@H]4CC[C@]3(C)[C@H]1[C@@H]2C. The van der Waals surface area contributed by atoms with Crippen LogP contribution in [-0.4, -0.2) is 30.6 Å². The van der Waals surface area contributed by atoms with E-state index in [9.17, 15) is 4.79 Å². The van der Waals surface area contributed by atoms with Crippen molar-refractivity contribution in [1.82, 2.24) is 5.32 Å². The molecule has 37 heavy (non-hydrogen) atoms. The summed E-state index contributed by atoms with van der Waals surface area (Å²) in [4.78, 5) is 12.4. The standard InChI is InChI=1S/C32H45NO4/c1-19-12-15-32(35-18-19)20(2)29-28(37-32)17-27-26-10-8-21-16-23(36-30(34)33-22-6-4-5-7-22)9-11-24(21)25(26)13-14-31(27,29)3/h9,11,16,19-20,22,25-29H,4-8,10,12-15,17-18H2,1-3H3,(H,33,34)/t19-,20+,25-,26-,27+,28+,29+,31+,32-/m1/s1. The van der Waals surface area contributed by atoms with E-state index in [1.807, 2.05) is 6.07 Å². The van der Waals surface area contributed by atoms with Crippen LogP contribution in [-0.2, 0) is 15.9 Å². The van der Waals surface area contributed by atoms with E-state index in [0.29, 0.717) is 40.9 Å².